The molecule has 0 aliphatic heterocycles. The lowest BCUT2D eigenvalue weighted by atomic mass is 10.6. The van der Waals surface area contributed by atoms with Crippen LogP contribution in [0.2, 0.25) is 0 Å². The SMILES string of the molecule is C=C/C(=C\OC(C)=O)P(=O)(CC)CC. The van der Waals surface area contributed by atoms with Crippen molar-refractivity contribution in [1.82, 2.24) is 0 Å². The Balaban J connectivity index is 4.87. The topological polar surface area (TPSA) is 43.4 Å². The van der Waals surface area contributed by atoms with E-state index in [1.165, 1.54) is 19.3 Å². The Bertz CT molecular complexity index is 284. The van der Waals surface area contributed by atoms with Crippen LogP contribution in [0.4, 0.5) is 0 Å². The zero-order valence-electron chi connectivity index (χ0n) is 8.95. The van der Waals surface area contributed by atoms with Crippen LogP contribution in [-0.2, 0) is 14.1 Å². The third kappa shape index (κ3) is 3.51. The fourth-order valence-corrected chi connectivity index (χ4v) is 2.80. The van der Waals surface area contributed by atoms with Crippen molar-refractivity contribution in [2.75, 3.05) is 12.3 Å². The molecular weight excluding hydrogens is 199 g/mol. The molecule has 4 heteroatoms. The van der Waals surface area contributed by atoms with E-state index in [2.05, 4.69) is 6.58 Å². The van der Waals surface area contributed by atoms with Crippen LogP contribution in [0.15, 0.2) is 24.2 Å². The minimum Gasteiger partial charge on any atom is -0.434 e. The number of carbonyl (C=O) groups is 1. The normalized spacial score (nSPS) is 12.4. The average molecular weight is 216 g/mol. The highest BCUT2D eigenvalue weighted by Gasteiger charge is 2.21. The summed E-state index contributed by atoms with van der Waals surface area (Å²) >= 11 is 0. The molecule has 0 aromatic carbocycles. The van der Waals surface area contributed by atoms with Crippen LogP contribution in [-0.4, -0.2) is 18.3 Å². The summed E-state index contributed by atoms with van der Waals surface area (Å²) in [6, 6.07) is 0. The molecule has 0 saturated heterocycles. The van der Waals surface area contributed by atoms with Gasteiger partial charge >= 0.3 is 5.97 Å². The van der Waals surface area contributed by atoms with Crippen molar-refractivity contribution in [2.24, 2.45) is 0 Å². The summed E-state index contributed by atoms with van der Waals surface area (Å²) in [6.07, 6.45) is 3.87. The summed E-state index contributed by atoms with van der Waals surface area (Å²) < 4.78 is 16.9. The van der Waals surface area contributed by atoms with Gasteiger partial charge in [0.05, 0.1) is 0 Å². The predicted molar refractivity (Wildman–Crippen MR) is 58.7 cm³/mol. The molecule has 80 valence electrons. The first-order valence-electron chi connectivity index (χ1n) is 4.58. The third-order valence-electron chi connectivity index (χ3n) is 2.05. The van der Waals surface area contributed by atoms with Crippen LogP contribution >= 0.6 is 7.14 Å². The lowest BCUT2D eigenvalue weighted by molar-refractivity contribution is -0.135. The highest BCUT2D eigenvalue weighted by molar-refractivity contribution is 7.68. The van der Waals surface area contributed by atoms with Gasteiger partial charge in [-0.25, -0.2) is 0 Å². The molecular formula is C10H17O3P. The van der Waals surface area contributed by atoms with Crippen molar-refractivity contribution in [3.63, 3.8) is 0 Å². The zero-order valence-corrected chi connectivity index (χ0v) is 9.84. The van der Waals surface area contributed by atoms with Crippen molar-refractivity contribution in [3.05, 3.63) is 24.2 Å². The first-order chi connectivity index (χ1) is 6.50. The van der Waals surface area contributed by atoms with Gasteiger partial charge in [-0.1, -0.05) is 26.5 Å². The Morgan fingerprint density at radius 3 is 2.21 bits per heavy atom. The maximum Gasteiger partial charge on any atom is 0.307 e. The van der Waals surface area contributed by atoms with Crippen molar-refractivity contribution < 1.29 is 14.1 Å². The Morgan fingerprint density at radius 2 is 1.93 bits per heavy atom. The first kappa shape index (κ1) is 13.2. The number of hydrogen-bond donors (Lipinski definition) is 0. The summed E-state index contributed by atoms with van der Waals surface area (Å²) in [5, 5.41) is 0.540. The molecule has 0 bridgehead atoms. The summed E-state index contributed by atoms with van der Waals surface area (Å²) in [6.45, 7) is 8.59. The Hall–Kier alpha value is -0.820. The van der Waals surface area contributed by atoms with E-state index in [4.69, 9.17) is 4.74 Å². The quantitative estimate of drug-likeness (QED) is 0.307. The molecule has 3 nitrogen and oxygen atoms in total. The molecule has 0 aliphatic carbocycles. The maximum absolute atomic E-state index is 12.2. The number of carbonyl (C=O) groups excluding carboxylic acids is 1. The summed E-state index contributed by atoms with van der Waals surface area (Å²) in [5.41, 5.74) is 0. The molecule has 0 aromatic heterocycles. The fourth-order valence-electron chi connectivity index (χ4n) is 1.04. The maximum atomic E-state index is 12.2. The summed E-state index contributed by atoms with van der Waals surface area (Å²) in [4.78, 5) is 10.6. The minimum absolute atomic E-state index is 0.414. The molecule has 0 saturated carbocycles. The van der Waals surface area contributed by atoms with Gasteiger partial charge in [0.2, 0.25) is 0 Å². The Labute approximate surface area is 85.2 Å². The second-order valence-electron chi connectivity index (χ2n) is 2.88. The van der Waals surface area contributed by atoms with E-state index in [0.717, 1.165) is 0 Å². The first-order valence-corrected chi connectivity index (χ1v) is 6.66. The van der Waals surface area contributed by atoms with Gasteiger partial charge in [-0.05, 0) is 0 Å². The molecule has 0 atom stereocenters. The van der Waals surface area contributed by atoms with Crippen LogP contribution in [0.25, 0.3) is 0 Å². The molecule has 0 fully saturated rings. The standard InChI is InChI=1S/C10H17O3P/c1-5-10(8-13-9(4)11)14(12,6-2)7-3/h5,8H,1,6-7H2,2-4H3/b10-8+. The van der Waals surface area contributed by atoms with Gasteiger partial charge in [0, 0.05) is 24.6 Å². The van der Waals surface area contributed by atoms with Gasteiger partial charge in [-0.2, -0.15) is 0 Å². The average Bonchev–Trinajstić information content (AvgIpc) is 2.17. The molecule has 0 rings (SSSR count). The second kappa shape index (κ2) is 5.82. The number of hydrogen-bond acceptors (Lipinski definition) is 3. The van der Waals surface area contributed by atoms with Crippen LogP contribution in [0.5, 0.6) is 0 Å². The van der Waals surface area contributed by atoms with E-state index in [1.54, 1.807) is 0 Å². The molecule has 14 heavy (non-hydrogen) atoms. The van der Waals surface area contributed by atoms with Crippen molar-refractivity contribution in [3.8, 4) is 0 Å². The third-order valence-corrected chi connectivity index (χ3v) is 5.32. The van der Waals surface area contributed by atoms with Gasteiger partial charge in [0.25, 0.3) is 0 Å². The van der Waals surface area contributed by atoms with E-state index in [-0.39, 0.29) is 0 Å². The number of allylic oxidation sites excluding steroid dienone is 2. The molecule has 0 aromatic rings. The van der Waals surface area contributed by atoms with Crippen LogP contribution < -0.4 is 0 Å². The van der Waals surface area contributed by atoms with Crippen LogP contribution in [0.1, 0.15) is 20.8 Å². The van der Waals surface area contributed by atoms with Gasteiger partial charge in [0.15, 0.2) is 0 Å². The van der Waals surface area contributed by atoms with E-state index < -0.39 is 13.1 Å². The van der Waals surface area contributed by atoms with Crippen molar-refractivity contribution in [2.45, 2.75) is 20.8 Å². The molecule has 0 heterocycles. The lowest BCUT2D eigenvalue weighted by Crippen LogP contribution is -1.96. The van der Waals surface area contributed by atoms with Crippen LogP contribution in [0, 0.1) is 0 Å². The molecule has 0 amide bonds. The van der Waals surface area contributed by atoms with Gasteiger partial charge in [-0.3, -0.25) is 4.79 Å². The van der Waals surface area contributed by atoms with Crippen molar-refractivity contribution >= 4 is 13.1 Å². The fraction of sp³-hybridized carbons (Fsp3) is 0.500. The molecule has 0 radical (unpaired) electrons. The number of ether oxygens (including phenoxy) is 1. The van der Waals surface area contributed by atoms with Crippen LogP contribution in [0.3, 0.4) is 0 Å². The van der Waals surface area contributed by atoms with Gasteiger partial charge < -0.3 is 9.30 Å². The van der Waals surface area contributed by atoms with E-state index in [1.807, 2.05) is 13.8 Å². The molecule has 0 aliphatic rings. The summed E-state index contributed by atoms with van der Waals surface area (Å²) in [7, 11) is -2.38. The molecule has 0 unspecified atom stereocenters. The highest BCUT2D eigenvalue weighted by Crippen LogP contribution is 2.53. The number of rotatable bonds is 5. The summed E-state index contributed by atoms with van der Waals surface area (Å²) in [5.74, 6) is -0.414. The lowest BCUT2D eigenvalue weighted by Gasteiger charge is -2.14. The van der Waals surface area contributed by atoms with Crippen molar-refractivity contribution in [1.29, 1.82) is 0 Å². The van der Waals surface area contributed by atoms with E-state index >= 15 is 0 Å². The Kier molecular flexibility index (Phi) is 5.47. The van der Waals surface area contributed by atoms with E-state index in [9.17, 15) is 9.36 Å². The minimum atomic E-state index is -2.38. The van der Waals surface area contributed by atoms with Gasteiger partial charge in [0.1, 0.15) is 13.4 Å². The molecule has 0 N–H and O–H groups in total. The predicted octanol–water partition coefficient (Wildman–Crippen LogP) is 2.98. The zero-order chi connectivity index (χ0) is 11.2. The monoisotopic (exact) mass is 216 g/mol. The largest absolute Gasteiger partial charge is 0.434 e. The van der Waals surface area contributed by atoms with Gasteiger partial charge in [-0.15, -0.1) is 0 Å². The smallest absolute Gasteiger partial charge is 0.307 e. The van der Waals surface area contributed by atoms with E-state index in [0.29, 0.717) is 17.6 Å². The Morgan fingerprint density at radius 1 is 1.43 bits per heavy atom. The second-order valence-corrected chi connectivity index (χ2v) is 6.44. The number of esters is 1. The highest BCUT2D eigenvalue weighted by atomic mass is 31.2. The molecule has 0 spiro atoms.